The van der Waals surface area contributed by atoms with Crippen molar-refractivity contribution in [1.29, 1.82) is 0 Å². The van der Waals surface area contributed by atoms with Crippen molar-refractivity contribution in [2.75, 3.05) is 25.0 Å². The summed E-state index contributed by atoms with van der Waals surface area (Å²) in [6.07, 6.45) is 0. The van der Waals surface area contributed by atoms with Crippen LogP contribution in [0.25, 0.3) is 0 Å². The maximum absolute atomic E-state index is 14.2. The van der Waals surface area contributed by atoms with Crippen molar-refractivity contribution >= 4 is 44.9 Å². The number of esters is 1. The van der Waals surface area contributed by atoms with Crippen LogP contribution >= 0.6 is 11.6 Å². The number of rotatable bonds is 9. The minimum absolute atomic E-state index is 0.0627. The van der Waals surface area contributed by atoms with Crippen LogP contribution in [0.1, 0.15) is 24.2 Å². The Morgan fingerprint density at radius 1 is 1.19 bits per heavy atom. The number of amides is 1. The highest BCUT2D eigenvalue weighted by atomic mass is 35.5. The normalized spacial score (nSPS) is 11.3. The maximum atomic E-state index is 14.2. The van der Waals surface area contributed by atoms with Gasteiger partial charge >= 0.3 is 5.97 Å². The zero-order valence-electron chi connectivity index (χ0n) is 17.0. The quantitative estimate of drug-likeness (QED) is 0.326. The highest BCUT2D eigenvalue weighted by Crippen LogP contribution is 2.26. The molecule has 0 aromatic heterocycles. The smallest absolute Gasteiger partial charge is 0.338 e. The van der Waals surface area contributed by atoms with Gasteiger partial charge in [-0.05, 0) is 24.3 Å². The van der Waals surface area contributed by atoms with Gasteiger partial charge in [-0.2, -0.15) is 4.31 Å². The number of nitro benzene ring substituents is 1. The molecule has 0 bridgehead atoms. The van der Waals surface area contributed by atoms with Crippen LogP contribution in [0.5, 0.6) is 0 Å². The van der Waals surface area contributed by atoms with Crippen LogP contribution in [-0.4, -0.2) is 49.2 Å². The third-order valence-corrected chi connectivity index (χ3v) is 6.64. The predicted molar refractivity (Wildman–Crippen MR) is 114 cm³/mol. The van der Waals surface area contributed by atoms with E-state index < -0.39 is 44.1 Å². The average Bonchev–Trinajstić information content (AvgIpc) is 2.74. The molecule has 0 aliphatic carbocycles. The lowest BCUT2D eigenvalue weighted by atomic mass is 10.2. The number of sulfonamides is 1. The summed E-state index contributed by atoms with van der Waals surface area (Å²) in [6, 6.07) is 6.08. The Hall–Kier alpha value is -3.09. The second kappa shape index (κ2) is 10.5. The number of nitro groups is 1. The van der Waals surface area contributed by atoms with Gasteiger partial charge in [0.25, 0.3) is 11.6 Å². The monoisotopic (exact) mass is 487 g/mol. The van der Waals surface area contributed by atoms with Gasteiger partial charge < -0.3 is 10.1 Å². The van der Waals surface area contributed by atoms with Crippen LogP contribution in [0.2, 0.25) is 5.02 Å². The van der Waals surface area contributed by atoms with Gasteiger partial charge in [0.05, 0.1) is 21.2 Å². The number of non-ortho nitro benzene ring substituents is 1. The van der Waals surface area contributed by atoms with Gasteiger partial charge in [-0.3, -0.25) is 14.9 Å². The molecule has 2 rings (SSSR count). The lowest BCUT2D eigenvalue weighted by Gasteiger charge is -2.19. The number of nitrogens with one attached hydrogen (secondary N) is 1. The molecule has 172 valence electrons. The molecule has 0 heterocycles. The van der Waals surface area contributed by atoms with Gasteiger partial charge in [0.2, 0.25) is 10.0 Å². The van der Waals surface area contributed by atoms with E-state index in [0.29, 0.717) is 0 Å². The fraction of sp³-hybridized carbons (Fsp3) is 0.263. The third kappa shape index (κ3) is 5.78. The summed E-state index contributed by atoms with van der Waals surface area (Å²) in [7, 11) is -4.17. The Morgan fingerprint density at radius 2 is 1.84 bits per heavy atom. The Kier molecular flexibility index (Phi) is 8.25. The lowest BCUT2D eigenvalue weighted by molar-refractivity contribution is -0.384. The largest absolute Gasteiger partial charge is 0.452 e. The first-order chi connectivity index (χ1) is 15.0. The number of hydrogen-bond donors (Lipinski definition) is 1. The topological polar surface area (TPSA) is 136 Å². The zero-order chi connectivity index (χ0) is 24.1. The first-order valence-corrected chi connectivity index (χ1v) is 11.0. The number of halogens is 2. The summed E-state index contributed by atoms with van der Waals surface area (Å²) in [6.45, 7) is 2.64. The van der Waals surface area contributed by atoms with E-state index in [2.05, 4.69) is 5.32 Å². The fourth-order valence-corrected chi connectivity index (χ4v) is 4.42. The molecule has 0 fully saturated rings. The van der Waals surface area contributed by atoms with Gasteiger partial charge in [0.15, 0.2) is 6.61 Å². The Morgan fingerprint density at radius 3 is 2.41 bits per heavy atom. The molecule has 32 heavy (non-hydrogen) atoms. The Bertz CT molecular complexity index is 1150. The summed E-state index contributed by atoms with van der Waals surface area (Å²) in [5, 5.41) is 12.9. The van der Waals surface area contributed by atoms with E-state index in [1.165, 1.54) is 6.07 Å². The summed E-state index contributed by atoms with van der Waals surface area (Å²) in [5.41, 5.74) is -0.475. The molecule has 0 atom stereocenters. The van der Waals surface area contributed by atoms with Crippen molar-refractivity contribution in [3.63, 3.8) is 0 Å². The molecule has 13 heteroatoms. The van der Waals surface area contributed by atoms with Gasteiger partial charge in [-0.1, -0.05) is 25.4 Å². The summed E-state index contributed by atoms with van der Waals surface area (Å²) in [5.74, 6) is -2.88. The first kappa shape index (κ1) is 25.2. The van der Waals surface area contributed by atoms with Crippen molar-refractivity contribution in [3.05, 3.63) is 62.9 Å². The van der Waals surface area contributed by atoms with E-state index in [1.54, 1.807) is 13.8 Å². The van der Waals surface area contributed by atoms with Crippen LogP contribution in [0.4, 0.5) is 15.8 Å². The number of hydrogen-bond acceptors (Lipinski definition) is 7. The number of anilines is 1. The van der Waals surface area contributed by atoms with E-state index in [1.807, 2.05) is 0 Å². The highest BCUT2D eigenvalue weighted by molar-refractivity contribution is 7.89. The Balaban J connectivity index is 2.10. The summed E-state index contributed by atoms with van der Waals surface area (Å²) < 4.78 is 45.2. The number of carbonyl (C=O) groups is 2. The second-order valence-electron chi connectivity index (χ2n) is 6.28. The minimum Gasteiger partial charge on any atom is -0.452 e. The molecule has 0 spiro atoms. The molecule has 0 aliphatic heterocycles. The van der Waals surface area contributed by atoms with Crippen LogP contribution in [0.15, 0.2) is 41.3 Å². The van der Waals surface area contributed by atoms with Gasteiger partial charge in [-0.25, -0.2) is 17.6 Å². The summed E-state index contributed by atoms with van der Waals surface area (Å²) >= 11 is 5.88. The highest BCUT2D eigenvalue weighted by Gasteiger charge is 2.27. The molecular weight excluding hydrogens is 469 g/mol. The molecule has 1 amide bonds. The van der Waals surface area contributed by atoms with Gasteiger partial charge in [0.1, 0.15) is 10.7 Å². The van der Waals surface area contributed by atoms with E-state index >= 15 is 0 Å². The van der Waals surface area contributed by atoms with Crippen molar-refractivity contribution in [2.24, 2.45) is 0 Å². The van der Waals surface area contributed by atoms with Gasteiger partial charge in [-0.15, -0.1) is 0 Å². The molecule has 2 aromatic carbocycles. The van der Waals surface area contributed by atoms with E-state index in [9.17, 15) is 32.5 Å². The molecular formula is C19H19ClFN3O7S. The SMILES string of the molecule is CCN(CC)S(=O)(=O)c1cc(C(=O)OCC(=O)Nc2ccc([N+](=O)[O-])cc2Cl)ccc1F. The third-order valence-electron chi connectivity index (χ3n) is 4.26. The molecule has 0 radical (unpaired) electrons. The van der Waals surface area contributed by atoms with Crippen molar-refractivity contribution in [1.82, 2.24) is 4.31 Å². The fourth-order valence-electron chi connectivity index (χ4n) is 2.65. The molecule has 10 nitrogen and oxygen atoms in total. The van der Waals surface area contributed by atoms with Gasteiger partial charge in [0, 0.05) is 25.2 Å². The van der Waals surface area contributed by atoms with E-state index in [0.717, 1.165) is 34.6 Å². The number of carbonyl (C=O) groups excluding carboxylic acids is 2. The van der Waals surface area contributed by atoms with Crippen LogP contribution in [0.3, 0.4) is 0 Å². The number of nitrogens with zero attached hydrogens (tertiary/aromatic N) is 2. The molecule has 0 unspecified atom stereocenters. The average molecular weight is 488 g/mol. The molecule has 0 saturated heterocycles. The minimum atomic E-state index is -4.17. The standard InChI is InChI=1S/C19H19ClFN3O7S/c1-3-23(4-2)32(29,30)17-9-12(5-7-15(17)21)19(26)31-11-18(25)22-16-8-6-13(24(27)28)10-14(16)20/h5-10H,3-4,11H2,1-2H3,(H,22,25). The van der Waals surface area contributed by atoms with Crippen molar-refractivity contribution < 1.29 is 32.1 Å². The maximum Gasteiger partial charge on any atom is 0.338 e. The number of benzene rings is 2. The zero-order valence-corrected chi connectivity index (χ0v) is 18.6. The van der Waals surface area contributed by atoms with Crippen LogP contribution in [-0.2, 0) is 19.6 Å². The van der Waals surface area contributed by atoms with E-state index in [4.69, 9.17) is 16.3 Å². The second-order valence-corrected chi connectivity index (χ2v) is 8.59. The van der Waals surface area contributed by atoms with Crippen LogP contribution in [0, 0.1) is 15.9 Å². The Labute approximate surface area is 188 Å². The molecule has 0 saturated carbocycles. The lowest BCUT2D eigenvalue weighted by Crippen LogP contribution is -2.31. The predicted octanol–water partition coefficient (Wildman–Crippen LogP) is 3.21. The van der Waals surface area contributed by atoms with Crippen molar-refractivity contribution in [2.45, 2.75) is 18.7 Å². The number of ether oxygens (including phenoxy) is 1. The van der Waals surface area contributed by atoms with Crippen LogP contribution < -0.4 is 5.32 Å². The van der Waals surface area contributed by atoms with Crippen molar-refractivity contribution in [3.8, 4) is 0 Å². The summed E-state index contributed by atoms with van der Waals surface area (Å²) in [4.78, 5) is 33.7. The molecule has 0 aliphatic rings. The van der Waals surface area contributed by atoms with E-state index in [-0.39, 0.29) is 35.1 Å². The molecule has 2 aromatic rings. The first-order valence-electron chi connectivity index (χ1n) is 9.21. The molecule has 1 N–H and O–H groups in total.